The number of amides is 1. The number of halogens is 2. The van der Waals surface area contributed by atoms with E-state index < -0.39 is 35.1 Å². The van der Waals surface area contributed by atoms with Crippen molar-refractivity contribution in [1.29, 1.82) is 0 Å². The molecule has 1 N–H and O–H groups in total. The summed E-state index contributed by atoms with van der Waals surface area (Å²) in [4.78, 5) is 27.1. The van der Waals surface area contributed by atoms with Gasteiger partial charge in [-0.05, 0) is 42.6 Å². The number of hydrogen-bond donors (Lipinski definition) is 1. The molecule has 0 bridgehead atoms. The van der Waals surface area contributed by atoms with Crippen molar-refractivity contribution in [2.45, 2.75) is 13.0 Å². The summed E-state index contributed by atoms with van der Waals surface area (Å²) in [5, 5.41) is 12.2. The first-order valence-corrected chi connectivity index (χ1v) is 9.12. The summed E-state index contributed by atoms with van der Waals surface area (Å²) in [6.45, 7) is 1.69. The van der Waals surface area contributed by atoms with E-state index in [4.69, 9.17) is 4.42 Å². The number of hydrogen-bond acceptors (Lipinski definition) is 5. The van der Waals surface area contributed by atoms with Crippen LogP contribution in [-0.4, -0.2) is 16.8 Å². The molecule has 3 aromatic rings. The highest BCUT2D eigenvalue weighted by Gasteiger charge is 2.46. The van der Waals surface area contributed by atoms with E-state index in [9.17, 15) is 23.5 Å². The molecule has 0 radical (unpaired) electrons. The molecule has 3 heterocycles. The fourth-order valence-corrected chi connectivity index (χ4v) is 3.83. The third-order valence-electron chi connectivity index (χ3n) is 4.41. The van der Waals surface area contributed by atoms with Gasteiger partial charge in [-0.3, -0.25) is 14.5 Å². The van der Waals surface area contributed by atoms with Crippen LogP contribution in [0.3, 0.4) is 0 Å². The lowest BCUT2D eigenvalue weighted by atomic mass is 10.00. The number of aliphatic hydroxyl groups excluding tert-OH is 1. The average Bonchev–Trinajstić information content (AvgIpc) is 3.39. The van der Waals surface area contributed by atoms with E-state index in [1.165, 1.54) is 6.07 Å². The summed E-state index contributed by atoms with van der Waals surface area (Å²) < 4.78 is 32.8. The quantitative estimate of drug-likeness (QED) is 0.643. The fraction of sp³-hybridized carbons (Fsp3) is 0.100. The molecule has 1 aromatic carbocycles. The normalized spacial score (nSPS) is 16.9. The van der Waals surface area contributed by atoms with E-state index in [1.807, 2.05) is 0 Å². The minimum atomic E-state index is -1.16. The Labute approximate surface area is 162 Å². The van der Waals surface area contributed by atoms with Gasteiger partial charge in [-0.25, -0.2) is 8.78 Å². The number of carbonyl (C=O) groups is 2. The molecule has 4 rings (SSSR count). The molecular formula is C20H13F2NO4S. The molecule has 8 heteroatoms. The molecule has 1 aliphatic heterocycles. The lowest BCUT2D eigenvalue weighted by molar-refractivity contribution is -0.117. The van der Waals surface area contributed by atoms with Gasteiger partial charge in [0.05, 0.1) is 10.5 Å². The van der Waals surface area contributed by atoms with Crippen molar-refractivity contribution >= 4 is 28.7 Å². The lowest BCUT2D eigenvalue weighted by Gasteiger charge is -2.25. The standard InChI is InChI=1S/C20H13F2NO4S/c1-10-4-7-14(27-10)17-16(18(24)15-3-2-8-28-15)19(25)20(26)23(17)11-5-6-12(21)13(22)9-11/h2-9,17,25H,1H3. The van der Waals surface area contributed by atoms with Crippen LogP contribution in [-0.2, 0) is 4.79 Å². The molecule has 28 heavy (non-hydrogen) atoms. The second kappa shape index (κ2) is 6.72. The van der Waals surface area contributed by atoms with Crippen LogP contribution >= 0.6 is 11.3 Å². The predicted octanol–water partition coefficient (Wildman–Crippen LogP) is 4.71. The summed E-state index contributed by atoms with van der Waals surface area (Å²) in [6, 6.07) is 8.26. The number of benzene rings is 1. The van der Waals surface area contributed by atoms with Gasteiger partial charge < -0.3 is 9.52 Å². The number of carbonyl (C=O) groups excluding carboxylic acids is 2. The second-order valence-electron chi connectivity index (χ2n) is 6.19. The van der Waals surface area contributed by atoms with E-state index in [1.54, 1.807) is 36.6 Å². The van der Waals surface area contributed by atoms with Gasteiger partial charge in [0.1, 0.15) is 17.6 Å². The van der Waals surface area contributed by atoms with Crippen molar-refractivity contribution in [3.63, 3.8) is 0 Å². The Bertz CT molecular complexity index is 1120. The van der Waals surface area contributed by atoms with Crippen LogP contribution in [0.1, 0.15) is 27.2 Å². The number of thiophene rings is 1. The first-order chi connectivity index (χ1) is 13.4. The third-order valence-corrected chi connectivity index (χ3v) is 5.28. The van der Waals surface area contributed by atoms with Crippen molar-refractivity contribution in [3.8, 4) is 0 Å². The number of aliphatic hydroxyl groups is 1. The predicted molar refractivity (Wildman–Crippen MR) is 98.3 cm³/mol. The molecule has 1 atom stereocenters. The van der Waals surface area contributed by atoms with E-state index in [0.29, 0.717) is 10.6 Å². The van der Waals surface area contributed by atoms with Gasteiger partial charge in [-0.1, -0.05) is 6.07 Å². The summed E-state index contributed by atoms with van der Waals surface area (Å²) in [6.07, 6.45) is 0. The van der Waals surface area contributed by atoms with Crippen LogP contribution < -0.4 is 4.90 Å². The topological polar surface area (TPSA) is 70.8 Å². The Balaban J connectivity index is 1.88. The van der Waals surface area contributed by atoms with Crippen LogP contribution in [0.15, 0.2) is 63.6 Å². The number of furan rings is 1. The molecule has 0 spiro atoms. The van der Waals surface area contributed by atoms with Crippen molar-refractivity contribution in [1.82, 2.24) is 0 Å². The molecule has 2 aromatic heterocycles. The van der Waals surface area contributed by atoms with E-state index in [2.05, 4.69) is 0 Å². The van der Waals surface area contributed by atoms with Gasteiger partial charge in [0.25, 0.3) is 5.91 Å². The number of ketones is 1. The van der Waals surface area contributed by atoms with Gasteiger partial charge >= 0.3 is 0 Å². The minimum absolute atomic E-state index is 0.0107. The fourth-order valence-electron chi connectivity index (χ4n) is 3.15. The molecule has 1 amide bonds. The van der Waals surface area contributed by atoms with Crippen LogP contribution in [0, 0.1) is 18.6 Å². The van der Waals surface area contributed by atoms with Crippen LogP contribution in [0.25, 0.3) is 0 Å². The van der Waals surface area contributed by atoms with Gasteiger partial charge in [0, 0.05) is 11.8 Å². The van der Waals surface area contributed by atoms with Crippen LogP contribution in [0.5, 0.6) is 0 Å². The summed E-state index contributed by atoms with van der Waals surface area (Å²) in [5.74, 6) is -3.66. The maximum atomic E-state index is 13.8. The Hall–Kier alpha value is -3.26. The number of aryl methyl sites for hydroxylation is 1. The largest absolute Gasteiger partial charge is 0.503 e. The summed E-state index contributed by atoms with van der Waals surface area (Å²) in [5.41, 5.74) is -0.185. The first kappa shape index (κ1) is 18.1. The Morgan fingerprint density at radius 3 is 2.57 bits per heavy atom. The highest BCUT2D eigenvalue weighted by Crippen LogP contribution is 2.43. The zero-order valence-corrected chi connectivity index (χ0v) is 15.3. The number of nitrogens with zero attached hydrogens (tertiary/aromatic N) is 1. The Kier molecular flexibility index (Phi) is 4.35. The van der Waals surface area contributed by atoms with E-state index in [0.717, 1.165) is 28.4 Å². The molecule has 0 saturated carbocycles. The molecular weight excluding hydrogens is 388 g/mol. The molecule has 142 valence electrons. The van der Waals surface area contributed by atoms with E-state index >= 15 is 0 Å². The molecule has 1 aliphatic rings. The van der Waals surface area contributed by atoms with Crippen molar-refractivity contribution < 1.29 is 27.9 Å². The maximum absolute atomic E-state index is 13.8. The molecule has 1 unspecified atom stereocenters. The highest BCUT2D eigenvalue weighted by molar-refractivity contribution is 7.12. The number of anilines is 1. The monoisotopic (exact) mass is 401 g/mol. The minimum Gasteiger partial charge on any atom is -0.503 e. The van der Waals surface area contributed by atoms with Crippen molar-refractivity contribution in [2.75, 3.05) is 4.90 Å². The Morgan fingerprint density at radius 2 is 1.96 bits per heavy atom. The third kappa shape index (κ3) is 2.82. The van der Waals surface area contributed by atoms with Gasteiger partial charge in [0.15, 0.2) is 17.4 Å². The number of rotatable bonds is 4. The van der Waals surface area contributed by atoms with Gasteiger partial charge in [-0.15, -0.1) is 11.3 Å². The second-order valence-corrected chi connectivity index (χ2v) is 7.14. The molecule has 0 aliphatic carbocycles. The maximum Gasteiger partial charge on any atom is 0.294 e. The molecule has 5 nitrogen and oxygen atoms in total. The zero-order chi connectivity index (χ0) is 20.0. The molecule has 0 fully saturated rings. The van der Waals surface area contributed by atoms with E-state index in [-0.39, 0.29) is 17.0 Å². The first-order valence-electron chi connectivity index (χ1n) is 8.24. The summed E-state index contributed by atoms with van der Waals surface area (Å²) >= 11 is 1.16. The highest BCUT2D eigenvalue weighted by atomic mass is 32.1. The summed E-state index contributed by atoms with van der Waals surface area (Å²) in [7, 11) is 0. The van der Waals surface area contributed by atoms with Crippen LogP contribution in [0.2, 0.25) is 0 Å². The van der Waals surface area contributed by atoms with Crippen LogP contribution in [0.4, 0.5) is 14.5 Å². The smallest absolute Gasteiger partial charge is 0.294 e. The average molecular weight is 401 g/mol. The lowest BCUT2D eigenvalue weighted by Crippen LogP contribution is -2.31. The number of Topliss-reactive ketones (excluding diaryl/α,β-unsaturated/α-hetero) is 1. The SMILES string of the molecule is Cc1ccc(C2C(C(=O)c3cccs3)=C(O)C(=O)N2c2ccc(F)c(F)c2)o1. The van der Waals surface area contributed by atoms with Gasteiger partial charge in [-0.2, -0.15) is 0 Å². The van der Waals surface area contributed by atoms with Crippen molar-refractivity contribution in [3.05, 3.63) is 87.2 Å². The van der Waals surface area contributed by atoms with Crippen molar-refractivity contribution in [2.24, 2.45) is 0 Å². The zero-order valence-electron chi connectivity index (χ0n) is 14.5. The molecule has 0 saturated heterocycles. The Morgan fingerprint density at radius 1 is 1.18 bits per heavy atom. The van der Waals surface area contributed by atoms with Gasteiger partial charge in [0.2, 0.25) is 5.78 Å².